The largest absolute Gasteiger partial charge is 0.339 e. The van der Waals surface area contributed by atoms with Gasteiger partial charge in [0.2, 0.25) is 11.9 Å². The second kappa shape index (κ2) is 9.58. The predicted octanol–water partition coefficient (Wildman–Crippen LogP) is 5.70. The second-order valence-electron chi connectivity index (χ2n) is 10.3. The van der Waals surface area contributed by atoms with Gasteiger partial charge >= 0.3 is 0 Å². The van der Waals surface area contributed by atoms with Crippen molar-refractivity contribution in [3.63, 3.8) is 0 Å². The Balaban J connectivity index is 1.19. The number of nitrogens with zero attached hydrogens (tertiary/aromatic N) is 4. The van der Waals surface area contributed by atoms with Gasteiger partial charge in [-0.2, -0.15) is 5.26 Å². The fourth-order valence-electron chi connectivity index (χ4n) is 6.01. The van der Waals surface area contributed by atoms with E-state index in [1.165, 1.54) is 17.4 Å². The van der Waals surface area contributed by atoms with E-state index >= 15 is 0 Å². The quantitative estimate of drug-likeness (QED) is 0.329. The van der Waals surface area contributed by atoms with E-state index in [0.717, 1.165) is 60.4 Å². The maximum atomic E-state index is 13.3. The van der Waals surface area contributed by atoms with Crippen molar-refractivity contribution in [1.29, 1.82) is 5.26 Å². The maximum Gasteiger partial charge on any atom is 0.268 e. The minimum atomic E-state index is -0.200. The van der Waals surface area contributed by atoms with E-state index in [4.69, 9.17) is 4.98 Å². The summed E-state index contributed by atoms with van der Waals surface area (Å²) < 4.78 is 2.12. The van der Waals surface area contributed by atoms with Gasteiger partial charge < -0.3 is 9.47 Å². The van der Waals surface area contributed by atoms with Crippen molar-refractivity contribution in [2.75, 3.05) is 18.4 Å². The third-order valence-electron chi connectivity index (χ3n) is 7.79. The van der Waals surface area contributed by atoms with E-state index in [1.807, 2.05) is 59.5 Å². The van der Waals surface area contributed by atoms with E-state index in [2.05, 4.69) is 22.5 Å². The van der Waals surface area contributed by atoms with Gasteiger partial charge in [0, 0.05) is 24.5 Å². The maximum absolute atomic E-state index is 13.3. The summed E-state index contributed by atoms with van der Waals surface area (Å²) in [5, 5.41) is 12.3. The Labute approximate surface area is 225 Å². The molecule has 1 saturated heterocycles. The van der Waals surface area contributed by atoms with Crippen LogP contribution in [-0.2, 0) is 11.3 Å². The molecule has 6 rings (SSSR count). The average molecular weight is 522 g/mol. The summed E-state index contributed by atoms with van der Waals surface area (Å²) in [4.78, 5) is 33.5. The van der Waals surface area contributed by atoms with Gasteiger partial charge in [0.25, 0.3) is 5.91 Å². The Bertz CT molecular complexity index is 1600. The van der Waals surface area contributed by atoms with Crippen molar-refractivity contribution < 1.29 is 9.59 Å². The summed E-state index contributed by atoms with van der Waals surface area (Å²) in [7, 11) is 0. The van der Waals surface area contributed by atoms with Crippen molar-refractivity contribution in [2.24, 2.45) is 11.3 Å². The van der Waals surface area contributed by atoms with E-state index in [0.29, 0.717) is 22.3 Å². The highest BCUT2D eigenvalue weighted by Crippen LogP contribution is 2.52. The first-order valence-corrected chi connectivity index (χ1v) is 13.6. The normalized spacial score (nSPS) is 20.3. The zero-order valence-corrected chi connectivity index (χ0v) is 21.7. The highest BCUT2D eigenvalue weighted by Gasteiger charge is 2.49. The number of nitriles is 1. The molecule has 8 heteroatoms. The lowest BCUT2D eigenvalue weighted by Crippen LogP contribution is -2.42. The van der Waals surface area contributed by atoms with Crippen molar-refractivity contribution in [3.05, 3.63) is 83.8 Å². The molecule has 0 unspecified atom stereocenters. The van der Waals surface area contributed by atoms with Crippen LogP contribution in [0.5, 0.6) is 0 Å². The van der Waals surface area contributed by atoms with Gasteiger partial charge in [-0.05, 0) is 78.6 Å². The number of amides is 2. The number of likely N-dealkylation sites (tertiary alicyclic amines) is 1. The van der Waals surface area contributed by atoms with Crippen LogP contribution in [0.3, 0.4) is 0 Å². The zero-order valence-electron chi connectivity index (χ0n) is 20.9. The Kier molecular flexibility index (Phi) is 6.09. The summed E-state index contributed by atoms with van der Waals surface area (Å²) in [5.74, 6) is 0.829. The van der Waals surface area contributed by atoms with Gasteiger partial charge in [0.15, 0.2) is 0 Å². The lowest BCUT2D eigenvalue weighted by Gasteiger charge is -2.45. The number of benzene rings is 2. The molecule has 7 nitrogen and oxygen atoms in total. The van der Waals surface area contributed by atoms with E-state index in [1.54, 1.807) is 6.07 Å². The van der Waals surface area contributed by atoms with Gasteiger partial charge in [-0.25, -0.2) is 4.98 Å². The van der Waals surface area contributed by atoms with E-state index in [9.17, 15) is 14.9 Å². The van der Waals surface area contributed by atoms with Crippen molar-refractivity contribution in [3.8, 4) is 16.5 Å². The fraction of sp³-hybridized carbons (Fsp3) is 0.267. The summed E-state index contributed by atoms with van der Waals surface area (Å²) in [6.07, 6.45) is 4.56. The second-order valence-corrected chi connectivity index (χ2v) is 11.4. The molecule has 1 saturated carbocycles. The zero-order chi connectivity index (χ0) is 26.3. The Morgan fingerprint density at radius 2 is 2.03 bits per heavy atom. The number of carbonyl (C=O) groups is 2. The van der Waals surface area contributed by atoms with Crippen LogP contribution in [0.4, 0.5) is 5.95 Å². The van der Waals surface area contributed by atoms with Gasteiger partial charge in [0.05, 0.1) is 27.5 Å². The highest BCUT2D eigenvalue weighted by molar-refractivity contribution is 7.17. The van der Waals surface area contributed by atoms with Crippen LogP contribution in [-0.4, -0.2) is 39.4 Å². The van der Waals surface area contributed by atoms with E-state index in [-0.39, 0.29) is 17.2 Å². The van der Waals surface area contributed by atoms with Gasteiger partial charge in [-0.15, -0.1) is 11.3 Å². The SMILES string of the molecule is C=CC(=O)N1CCC2(CC(Cn3c(NC(=O)c4ccc(-c5cccc(C#N)c5)s4)nc4ccccc43)C2)C1. The molecule has 2 fully saturated rings. The number of hydrogen-bond donors (Lipinski definition) is 1. The number of rotatable bonds is 6. The van der Waals surface area contributed by atoms with Crippen LogP contribution in [0.15, 0.2) is 73.3 Å². The first-order valence-electron chi connectivity index (χ1n) is 12.8. The fourth-order valence-corrected chi connectivity index (χ4v) is 6.91. The summed E-state index contributed by atoms with van der Waals surface area (Å²) >= 11 is 1.39. The molecule has 1 aliphatic carbocycles. The predicted molar refractivity (Wildman–Crippen MR) is 149 cm³/mol. The summed E-state index contributed by atoms with van der Waals surface area (Å²) in [5.41, 5.74) is 3.56. The van der Waals surface area contributed by atoms with Crippen LogP contribution in [0.1, 0.15) is 34.5 Å². The molecule has 1 N–H and O–H groups in total. The van der Waals surface area contributed by atoms with E-state index < -0.39 is 0 Å². The van der Waals surface area contributed by atoms with Gasteiger partial charge in [-0.3, -0.25) is 14.9 Å². The van der Waals surface area contributed by atoms with Crippen molar-refractivity contribution >= 4 is 40.1 Å². The molecule has 2 aromatic heterocycles. The standard InChI is InChI=1S/C30H27N5O2S/c1-2-27(36)34-13-12-30(19-34)15-21(16-30)18-35-24-9-4-3-8-23(24)32-29(35)33-28(37)26-11-10-25(38-26)22-7-5-6-20(14-22)17-31/h2-11,14,21H,1,12-13,15-16,18-19H2,(H,32,33,37). The number of imidazole rings is 1. The van der Waals surface area contributed by atoms with Crippen molar-refractivity contribution in [2.45, 2.75) is 25.8 Å². The molecule has 2 aromatic carbocycles. The number of fused-ring (bicyclic) bond motifs is 1. The number of anilines is 1. The topological polar surface area (TPSA) is 91.0 Å². The average Bonchev–Trinajstić information content (AvgIpc) is 3.66. The molecule has 38 heavy (non-hydrogen) atoms. The van der Waals surface area contributed by atoms with Gasteiger partial charge in [-0.1, -0.05) is 30.8 Å². The van der Waals surface area contributed by atoms with Crippen LogP contribution in [0, 0.1) is 22.7 Å². The molecule has 1 aliphatic heterocycles. The molecule has 190 valence electrons. The number of hydrogen-bond acceptors (Lipinski definition) is 5. The Hall–Kier alpha value is -4.22. The van der Waals surface area contributed by atoms with Crippen LogP contribution in [0.2, 0.25) is 0 Å². The molecular formula is C30H27N5O2S. The monoisotopic (exact) mass is 521 g/mol. The lowest BCUT2D eigenvalue weighted by atomic mass is 9.61. The number of para-hydroxylation sites is 2. The molecule has 2 amide bonds. The number of carbonyl (C=O) groups excluding carboxylic acids is 2. The molecule has 4 aromatic rings. The highest BCUT2D eigenvalue weighted by atomic mass is 32.1. The first kappa shape index (κ1) is 24.1. The van der Waals surface area contributed by atoms with Crippen LogP contribution in [0.25, 0.3) is 21.5 Å². The number of aromatic nitrogens is 2. The molecule has 2 aliphatic rings. The Morgan fingerprint density at radius 3 is 2.84 bits per heavy atom. The minimum Gasteiger partial charge on any atom is -0.339 e. The molecule has 3 heterocycles. The number of thiophene rings is 1. The van der Waals surface area contributed by atoms with Crippen LogP contribution < -0.4 is 5.32 Å². The van der Waals surface area contributed by atoms with Crippen LogP contribution >= 0.6 is 11.3 Å². The molecule has 0 radical (unpaired) electrons. The first-order chi connectivity index (χ1) is 18.5. The summed E-state index contributed by atoms with van der Waals surface area (Å²) in [6, 6.07) is 21.2. The summed E-state index contributed by atoms with van der Waals surface area (Å²) in [6.45, 7) is 6.00. The molecule has 1 spiro atoms. The molecule has 0 bridgehead atoms. The molecule has 0 atom stereocenters. The Morgan fingerprint density at radius 1 is 1.18 bits per heavy atom. The third kappa shape index (κ3) is 4.39. The molecular weight excluding hydrogens is 494 g/mol. The van der Waals surface area contributed by atoms with Crippen molar-refractivity contribution in [1.82, 2.24) is 14.5 Å². The third-order valence-corrected chi connectivity index (χ3v) is 8.93. The lowest BCUT2D eigenvalue weighted by molar-refractivity contribution is -0.125. The van der Waals surface area contributed by atoms with Gasteiger partial charge in [0.1, 0.15) is 0 Å². The smallest absolute Gasteiger partial charge is 0.268 e. The minimum absolute atomic E-state index is 0.0189. The number of nitrogens with one attached hydrogen (secondary N) is 1.